The van der Waals surface area contributed by atoms with Gasteiger partial charge in [0.25, 0.3) is 0 Å². The predicted molar refractivity (Wildman–Crippen MR) is 86.3 cm³/mol. The molecule has 0 radical (unpaired) electrons. The first kappa shape index (κ1) is 17.1. The molecule has 0 aliphatic heterocycles. The number of nitrogens with zero attached hydrogens (tertiary/aromatic N) is 2. The minimum atomic E-state index is -0.858. The summed E-state index contributed by atoms with van der Waals surface area (Å²) in [7, 11) is 3.17. The van der Waals surface area contributed by atoms with E-state index in [0.717, 1.165) is 17.3 Å². The van der Waals surface area contributed by atoms with Crippen molar-refractivity contribution in [1.29, 1.82) is 0 Å². The first-order chi connectivity index (χ1) is 11.1. The van der Waals surface area contributed by atoms with Crippen LogP contribution in [0, 0.1) is 0 Å². The van der Waals surface area contributed by atoms with Crippen LogP contribution in [-0.4, -0.2) is 45.7 Å². The smallest absolute Gasteiger partial charge is 0.317 e. The summed E-state index contributed by atoms with van der Waals surface area (Å²) in [6.07, 6.45) is 1.05. The van der Waals surface area contributed by atoms with Crippen LogP contribution < -0.4 is 9.47 Å². The summed E-state index contributed by atoms with van der Waals surface area (Å²) >= 11 is 1.14. The van der Waals surface area contributed by atoms with Crippen molar-refractivity contribution in [3.8, 4) is 11.5 Å². The Morgan fingerprint density at radius 3 is 2.70 bits per heavy atom. The highest BCUT2D eigenvalue weighted by molar-refractivity contribution is 8.00. The van der Waals surface area contributed by atoms with E-state index < -0.39 is 11.2 Å². The summed E-state index contributed by atoms with van der Waals surface area (Å²) < 4.78 is 10.5. The van der Waals surface area contributed by atoms with Gasteiger partial charge in [0.2, 0.25) is 5.16 Å². The Kier molecular flexibility index (Phi) is 5.86. The number of H-pyrrole nitrogens is 1. The zero-order valence-electron chi connectivity index (χ0n) is 13.2. The molecule has 0 amide bonds. The highest BCUT2D eigenvalue weighted by Gasteiger charge is 2.19. The van der Waals surface area contributed by atoms with Gasteiger partial charge in [0.1, 0.15) is 11.1 Å². The van der Waals surface area contributed by atoms with E-state index in [1.807, 2.05) is 25.1 Å². The van der Waals surface area contributed by atoms with Gasteiger partial charge in [-0.2, -0.15) is 0 Å². The average molecular weight is 337 g/mol. The third-order valence-corrected chi connectivity index (χ3v) is 4.44. The number of rotatable bonds is 8. The molecule has 2 rings (SSSR count). The number of benzene rings is 1. The maximum atomic E-state index is 11.1. The summed E-state index contributed by atoms with van der Waals surface area (Å²) in [5.41, 5.74) is 0.987. The number of carbonyl (C=O) groups is 1. The third-order valence-electron chi connectivity index (χ3n) is 3.22. The Labute approximate surface area is 138 Å². The summed E-state index contributed by atoms with van der Waals surface area (Å²) in [4.78, 5) is 15.4. The molecule has 1 heterocycles. The van der Waals surface area contributed by atoms with Crippen molar-refractivity contribution in [2.45, 2.75) is 30.2 Å². The van der Waals surface area contributed by atoms with Gasteiger partial charge in [-0.05, 0) is 24.1 Å². The van der Waals surface area contributed by atoms with Crippen LogP contribution in [0.25, 0.3) is 0 Å². The fraction of sp³-hybridized carbons (Fsp3) is 0.400. The number of aliphatic carboxylic acids is 1. The SMILES string of the molecule is CC[C@@H](Sc1n[nH]c(Cc2ccc(OC)c(OC)c2)n1)C(=O)O. The van der Waals surface area contributed by atoms with Gasteiger partial charge in [0, 0.05) is 6.42 Å². The van der Waals surface area contributed by atoms with Gasteiger partial charge < -0.3 is 14.6 Å². The molecule has 0 unspecified atom stereocenters. The second kappa shape index (κ2) is 7.87. The number of methoxy groups -OCH3 is 2. The Morgan fingerprint density at radius 1 is 1.35 bits per heavy atom. The monoisotopic (exact) mass is 337 g/mol. The molecule has 0 aliphatic rings. The second-order valence-corrected chi connectivity index (χ2v) is 5.95. The number of nitrogens with one attached hydrogen (secondary N) is 1. The Balaban J connectivity index is 2.08. The van der Waals surface area contributed by atoms with Gasteiger partial charge in [-0.1, -0.05) is 24.8 Å². The normalized spacial score (nSPS) is 12.0. The lowest BCUT2D eigenvalue weighted by Crippen LogP contribution is -2.14. The fourth-order valence-electron chi connectivity index (χ4n) is 2.03. The third kappa shape index (κ3) is 4.38. The second-order valence-electron chi connectivity index (χ2n) is 4.78. The van der Waals surface area contributed by atoms with E-state index in [4.69, 9.17) is 14.6 Å². The molecule has 1 aromatic heterocycles. The number of thioether (sulfide) groups is 1. The van der Waals surface area contributed by atoms with Crippen LogP contribution in [0.2, 0.25) is 0 Å². The molecule has 124 valence electrons. The number of hydrogen-bond acceptors (Lipinski definition) is 6. The number of aromatic amines is 1. The van der Waals surface area contributed by atoms with Crippen LogP contribution >= 0.6 is 11.8 Å². The van der Waals surface area contributed by atoms with Gasteiger partial charge in [-0.25, -0.2) is 4.98 Å². The topological polar surface area (TPSA) is 97.3 Å². The maximum absolute atomic E-state index is 11.1. The number of ether oxygens (including phenoxy) is 2. The first-order valence-corrected chi connectivity index (χ1v) is 7.97. The summed E-state index contributed by atoms with van der Waals surface area (Å²) in [6.45, 7) is 1.82. The van der Waals surface area contributed by atoms with Crippen molar-refractivity contribution in [2.24, 2.45) is 0 Å². The molecular weight excluding hydrogens is 318 g/mol. The Hall–Kier alpha value is -2.22. The molecular formula is C15H19N3O4S. The van der Waals surface area contributed by atoms with Crippen LogP contribution in [-0.2, 0) is 11.2 Å². The Bertz CT molecular complexity index is 674. The fourth-order valence-corrected chi connectivity index (χ4v) is 2.81. The van der Waals surface area contributed by atoms with Gasteiger partial charge in [-0.15, -0.1) is 5.10 Å². The number of aromatic nitrogens is 3. The largest absolute Gasteiger partial charge is 0.493 e. The van der Waals surface area contributed by atoms with Gasteiger partial charge in [-0.3, -0.25) is 9.89 Å². The summed E-state index contributed by atoms with van der Waals surface area (Å²) in [5, 5.41) is 15.9. The molecule has 2 aromatic rings. The van der Waals surface area contributed by atoms with E-state index in [2.05, 4.69) is 15.2 Å². The molecule has 0 aliphatic carbocycles. The van der Waals surface area contributed by atoms with Crippen molar-refractivity contribution in [3.05, 3.63) is 29.6 Å². The lowest BCUT2D eigenvalue weighted by molar-refractivity contribution is -0.136. The summed E-state index contributed by atoms with van der Waals surface area (Å²) in [6, 6.07) is 5.63. The van der Waals surface area contributed by atoms with Gasteiger partial charge in [0.15, 0.2) is 11.5 Å². The molecule has 0 saturated carbocycles. The summed E-state index contributed by atoms with van der Waals surface area (Å²) in [5.74, 6) is 1.12. The van der Waals surface area contributed by atoms with Crippen molar-refractivity contribution in [1.82, 2.24) is 15.2 Å². The Morgan fingerprint density at radius 2 is 2.09 bits per heavy atom. The van der Waals surface area contributed by atoms with Gasteiger partial charge in [0.05, 0.1) is 14.2 Å². The zero-order chi connectivity index (χ0) is 16.8. The van der Waals surface area contributed by atoms with Crippen LogP contribution in [0.15, 0.2) is 23.4 Å². The van der Waals surface area contributed by atoms with E-state index in [1.54, 1.807) is 14.2 Å². The van der Waals surface area contributed by atoms with Crippen LogP contribution in [0.3, 0.4) is 0 Å². The predicted octanol–water partition coefficient (Wildman–Crippen LogP) is 2.37. The first-order valence-electron chi connectivity index (χ1n) is 7.09. The molecule has 1 atom stereocenters. The van der Waals surface area contributed by atoms with Crippen molar-refractivity contribution in [2.75, 3.05) is 14.2 Å². The standard InChI is InChI=1S/C15H19N3O4S/c1-4-12(14(19)20)23-15-16-13(17-18-15)8-9-5-6-10(21-2)11(7-9)22-3/h5-7,12H,4,8H2,1-3H3,(H,19,20)(H,16,17,18)/t12-/m1/s1. The quantitative estimate of drug-likeness (QED) is 0.714. The minimum Gasteiger partial charge on any atom is -0.493 e. The van der Waals surface area contributed by atoms with E-state index in [9.17, 15) is 4.79 Å². The number of hydrogen-bond donors (Lipinski definition) is 2. The molecule has 0 spiro atoms. The van der Waals surface area contributed by atoms with Crippen molar-refractivity contribution < 1.29 is 19.4 Å². The van der Waals surface area contributed by atoms with Crippen LogP contribution in [0.5, 0.6) is 11.5 Å². The molecule has 1 aromatic carbocycles. The highest BCUT2D eigenvalue weighted by Crippen LogP contribution is 2.28. The maximum Gasteiger partial charge on any atom is 0.317 e. The number of carboxylic acids is 1. The van der Waals surface area contributed by atoms with E-state index in [0.29, 0.717) is 35.3 Å². The molecule has 0 bridgehead atoms. The molecule has 8 heteroatoms. The van der Waals surface area contributed by atoms with E-state index >= 15 is 0 Å². The van der Waals surface area contributed by atoms with Crippen LogP contribution in [0.1, 0.15) is 24.7 Å². The lowest BCUT2D eigenvalue weighted by atomic mass is 10.1. The molecule has 7 nitrogen and oxygen atoms in total. The van der Waals surface area contributed by atoms with Gasteiger partial charge >= 0.3 is 5.97 Å². The van der Waals surface area contributed by atoms with Crippen LogP contribution in [0.4, 0.5) is 0 Å². The molecule has 0 fully saturated rings. The number of carboxylic acid groups (broad SMARTS) is 1. The highest BCUT2D eigenvalue weighted by atomic mass is 32.2. The molecule has 2 N–H and O–H groups in total. The van der Waals surface area contributed by atoms with Crippen molar-refractivity contribution in [3.63, 3.8) is 0 Å². The average Bonchev–Trinajstić information content (AvgIpc) is 2.99. The minimum absolute atomic E-state index is 0.440. The molecule has 23 heavy (non-hydrogen) atoms. The molecule has 0 saturated heterocycles. The zero-order valence-corrected chi connectivity index (χ0v) is 14.0. The van der Waals surface area contributed by atoms with Crippen molar-refractivity contribution >= 4 is 17.7 Å². The van der Waals surface area contributed by atoms with E-state index in [-0.39, 0.29) is 0 Å². The lowest BCUT2D eigenvalue weighted by Gasteiger charge is -2.08. The van der Waals surface area contributed by atoms with E-state index in [1.165, 1.54) is 0 Å².